The second kappa shape index (κ2) is 27.2. The molecule has 1 saturated carbocycles. The Balaban J connectivity index is 0. The maximum atomic E-state index is 5.42. The number of rotatable bonds is 17. The van der Waals surface area contributed by atoms with E-state index in [2.05, 4.69) is 46.2 Å². The van der Waals surface area contributed by atoms with Gasteiger partial charge >= 0.3 is 0 Å². The summed E-state index contributed by atoms with van der Waals surface area (Å²) in [6.45, 7) is 16.1. The highest BCUT2D eigenvalue weighted by molar-refractivity contribution is 7.98. The molecule has 0 bridgehead atoms. The fraction of sp³-hybridized carbons (Fsp3) is 1.00. The van der Waals surface area contributed by atoms with Gasteiger partial charge in [0, 0.05) is 32.3 Å². The third-order valence-corrected chi connectivity index (χ3v) is 4.87. The van der Waals surface area contributed by atoms with Crippen molar-refractivity contribution >= 4 is 11.8 Å². The van der Waals surface area contributed by atoms with Gasteiger partial charge in [-0.2, -0.15) is 0 Å². The second-order valence-corrected chi connectivity index (χ2v) is 9.00. The molecule has 0 radical (unpaired) electrons. The van der Waals surface area contributed by atoms with Gasteiger partial charge in [-0.1, -0.05) is 60.3 Å². The summed E-state index contributed by atoms with van der Waals surface area (Å²) < 4.78 is 10.8. The quantitative estimate of drug-likeness (QED) is 0.200. The molecule has 4 heteroatoms. The Bertz CT molecular complexity index is 243. The van der Waals surface area contributed by atoms with Crippen molar-refractivity contribution in [3.8, 4) is 0 Å². The molecule has 1 N–H and O–H groups in total. The standard InChI is InChI=1S/C9H18O.C9H20O.C6H15NS/c1-2-3-7-10-8-6-9-4-5-9;1-4-7-10-8-5-6-9(2)3;1-3-4-5-7-6-8-2/h9H,2-8H2,1H3;9H,4-8H2,1-3H3;7H,3-6H2,1-2H3. The Hall–Kier alpha value is 0.230. The minimum Gasteiger partial charge on any atom is -0.381 e. The largest absolute Gasteiger partial charge is 0.381 e. The predicted octanol–water partition coefficient (Wildman–Crippen LogP) is 7.15. The third-order valence-electron chi connectivity index (χ3n) is 4.38. The predicted molar refractivity (Wildman–Crippen MR) is 130 cm³/mol. The summed E-state index contributed by atoms with van der Waals surface area (Å²) in [5, 5.41) is 3.30. The average Bonchev–Trinajstić information content (AvgIpc) is 3.50. The number of nitrogens with one attached hydrogen (secondary N) is 1. The smallest absolute Gasteiger partial charge is 0.0468 e. The summed E-state index contributed by atoms with van der Waals surface area (Å²) in [5.41, 5.74) is 0. The van der Waals surface area contributed by atoms with E-state index in [4.69, 9.17) is 9.47 Å². The normalized spacial score (nSPS) is 13.0. The Morgan fingerprint density at radius 2 is 1.50 bits per heavy atom. The molecule has 0 saturated heterocycles. The summed E-state index contributed by atoms with van der Waals surface area (Å²) in [5.74, 6) is 2.95. The summed E-state index contributed by atoms with van der Waals surface area (Å²) in [7, 11) is 0. The zero-order chi connectivity index (χ0) is 21.3. The average molecular weight is 420 g/mol. The molecular weight excluding hydrogens is 366 g/mol. The molecule has 1 fully saturated rings. The molecule has 0 aromatic carbocycles. The fourth-order valence-electron chi connectivity index (χ4n) is 2.32. The Morgan fingerprint density at radius 1 is 0.857 bits per heavy atom. The molecule has 172 valence electrons. The zero-order valence-corrected chi connectivity index (χ0v) is 21.0. The van der Waals surface area contributed by atoms with Gasteiger partial charge in [0.15, 0.2) is 0 Å². The third kappa shape index (κ3) is 33.8. The van der Waals surface area contributed by atoms with E-state index < -0.39 is 0 Å². The van der Waals surface area contributed by atoms with Crippen molar-refractivity contribution in [2.45, 2.75) is 98.8 Å². The molecule has 0 spiro atoms. The van der Waals surface area contributed by atoms with Gasteiger partial charge < -0.3 is 14.8 Å². The van der Waals surface area contributed by atoms with Gasteiger partial charge in [0.1, 0.15) is 0 Å². The van der Waals surface area contributed by atoms with Crippen LogP contribution in [0, 0.1) is 11.8 Å². The second-order valence-electron chi connectivity index (χ2n) is 8.13. The van der Waals surface area contributed by atoms with Crippen LogP contribution in [0.25, 0.3) is 0 Å². The van der Waals surface area contributed by atoms with Gasteiger partial charge in [-0.15, -0.1) is 11.8 Å². The summed E-state index contributed by atoms with van der Waals surface area (Å²) in [4.78, 5) is 0. The maximum absolute atomic E-state index is 5.42. The highest BCUT2D eigenvalue weighted by Gasteiger charge is 2.20. The first kappa shape index (κ1) is 30.4. The first-order valence-corrected chi connectivity index (χ1v) is 13.4. The molecule has 0 aromatic heterocycles. The van der Waals surface area contributed by atoms with Crippen LogP contribution in [0.5, 0.6) is 0 Å². The number of hydrogen-bond donors (Lipinski definition) is 1. The lowest BCUT2D eigenvalue weighted by molar-refractivity contribution is 0.125. The lowest BCUT2D eigenvalue weighted by atomic mass is 10.1. The van der Waals surface area contributed by atoms with Crippen LogP contribution in [0.2, 0.25) is 0 Å². The van der Waals surface area contributed by atoms with Gasteiger partial charge in [-0.25, -0.2) is 0 Å². The van der Waals surface area contributed by atoms with E-state index in [1.807, 2.05) is 11.8 Å². The first-order valence-electron chi connectivity index (χ1n) is 12.0. The first-order chi connectivity index (χ1) is 13.6. The molecule has 0 aliphatic heterocycles. The Labute approximate surface area is 182 Å². The topological polar surface area (TPSA) is 30.5 Å². The van der Waals surface area contributed by atoms with E-state index in [0.29, 0.717) is 0 Å². The van der Waals surface area contributed by atoms with Gasteiger partial charge in [-0.05, 0) is 63.2 Å². The van der Waals surface area contributed by atoms with Gasteiger partial charge in [0.25, 0.3) is 0 Å². The van der Waals surface area contributed by atoms with Crippen LogP contribution in [0.15, 0.2) is 0 Å². The van der Waals surface area contributed by atoms with Crippen molar-refractivity contribution in [1.82, 2.24) is 5.32 Å². The molecule has 0 heterocycles. The van der Waals surface area contributed by atoms with E-state index in [-0.39, 0.29) is 0 Å². The minimum absolute atomic E-state index is 0.824. The molecule has 1 aliphatic carbocycles. The summed E-state index contributed by atoms with van der Waals surface area (Å²) in [6, 6.07) is 0. The zero-order valence-electron chi connectivity index (χ0n) is 20.2. The van der Waals surface area contributed by atoms with Gasteiger partial charge in [0.2, 0.25) is 0 Å². The SMILES string of the molecule is CCCCNCSC.CCCCOCCC1CC1.CCCOCCCC(C)C. The molecule has 0 unspecified atom stereocenters. The van der Waals surface area contributed by atoms with Crippen molar-refractivity contribution in [1.29, 1.82) is 0 Å². The van der Waals surface area contributed by atoms with E-state index in [0.717, 1.165) is 50.6 Å². The Morgan fingerprint density at radius 3 is 2.04 bits per heavy atom. The van der Waals surface area contributed by atoms with Gasteiger partial charge in [0.05, 0.1) is 0 Å². The Kier molecular flexibility index (Phi) is 29.6. The number of thioether (sulfide) groups is 1. The van der Waals surface area contributed by atoms with Crippen LogP contribution < -0.4 is 5.32 Å². The molecule has 3 nitrogen and oxygen atoms in total. The van der Waals surface area contributed by atoms with Crippen LogP contribution in [0.4, 0.5) is 0 Å². The van der Waals surface area contributed by atoms with Crippen molar-refractivity contribution in [2.24, 2.45) is 11.8 Å². The monoisotopic (exact) mass is 419 g/mol. The summed E-state index contributed by atoms with van der Waals surface area (Å²) >= 11 is 1.84. The van der Waals surface area contributed by atoms with Gasteiger partial charge in [-0.3, -0.25) is 0 Å². The lowest BCUT2D eigenvalue weighted by Crippen LogP contribution is -2.13. The van der Waals surface area contributed by atoms with Crippen LogP contribution in [-0.4, -0.2) is 45.1 Å². The van der Waals surface area contributed by atoms with Crippen molar-refractivity contribution < 1.29 is 9.47 Å². The molecule has 1 aliphatic rings. The van der Waals surface area contributed by atoms with Crippen LogP contribution in [0.1, 0.15) is 98.8 Å². The van der Waals surface area contributed by atoms with E-state index in [1.54, 1.807) is 0 Å². The van der Waals surface area contributed by atoms with E-state index >= 15 is 0 Å². The lowest BCUT2D eigenvalue weighted by Gasteiger charge is -2.04. The van der Waals surface area contributed by atoms with Crippen molar-refractivity contribution in [3.63, 3.8) is 0 Å². The molecule has 0 amide bonds. The van der Waals surface area contributed by atoms with Crippen LogP contribution >= 0.6 is 11.8 Å². The molecule has 0 atom stereocenters. The van der Waals surface area contributed by atoms with Crippen molar-refractivity contribution in [3.05, 3.63) is 0 Å². The summed E-state index contributed by atoms with van der Waals surface area (Å²) in [6.07, 6.45) is 15.1. The number of hydrogen-bond acceptors (Lipinski definition) is 4. The van der Waals surface area contributed by atoms with Crippen LogP contribution in [0.3, 0.4) is 0 Å². The van der Waals surface area contributed by atoms with E-state index in [9.17, 15) is 0 Å². The number of ether oxygens (including phenoxy) is 2. The van der Waals surface area contributed by atoms with Crippen LogP contribution in [-0.2, 0) is 9.47 Å². The molecule has 1 rings (SSSR count). The highest BCUT2D eigenvalue weighted by atomic mass is 32.2. The molecule has 28 heavy (non-hydrogen) atoms. The highest BCUT2D eigenvalue weighted by Crippen LogP contribution is 2.32. The minimum atomic E-state index is 0.824. The maximum Gasteiger partial charge on any atom is 0.0468 e. The number of unbranched alkanes of at least 4 members (excludes halogenated alkanes) is 2. The van der Waals surface area contributed by atoms with E-state index in [1.165, 1.54) is 64.3 Å². The van der Waals surface area contributed by atoms with Crippen molar-refractivity contribution in [2.75, 3.05) is 45.1 Å². The molecular formula is C24H53NO2S. The fourth-order valence-corrected chi connectivity index (χ4v) is 2.67. The molecule has 0 aromatic rings.